The standard InChI is InChI=1S/C14H12F3N3O/c15-9-3-8(6-18-7-9)14-19-12-4-10(16)11(17)5-13(12)20(14)1-2-21/h3-7,12-13,21H,1-2H2. The maximum absolute atomic E-state index is 13.4. The Morgan fingerprint density at radius 2 is 1.90 bits per heavy atom. The van der Waals surface area contributed by atoms with Crippen molar-refractivity contribution in [3.8, 4) is 0 Å². The number of aromatic nitrogens is 1. The summed E-state index contributed by atoms with van der Waals surface area (Å²) in [5.41, 5.74) is 0.403. The zero-order chi connectivity index (χ0) is 15.0. The molecular formula is C14H12F3N3O. The number of amidine groups is 1. The van der Waals surface area contributed by atoms with Gasteiger partial charge in [-0.1, -0.05) is 0 Å². The zero-order valence-corrected chi connectivity index (χ0v) is 10.9. The van der Waals surface area contributed by atoms with Crippen LogP contribution >= 0.6 is 0 Å². The second-order valence-corrected chi connectivity index (χ2v) is 4.77. The fourth-order valence-corrected chi connectivity index (χ4v) is 2.54. The molecule has 0 fully saturated rings. The number of β-amino-alcohol motifs (C(OH)–C–C–N with tert-alkyl or cyclic N) is 1. The van der Waals surface area contributed by atoms with Gasteiger partial charge in [-0.3, -0.25) is 9.98 Å². The average molecular weight is 295 g/mol. The minimum absolute atomic E-state index is 0.176. The lowest BCUT2D eigenvalue weighted by molar-refractivity contribution is 0.236. The summed E-state index contributed by atoms with van der Waals surface area (Å²) in [6.07, 6.45) is 4.69. The van der Waals surface area contributed by atoms with Crippen LogP contribution in [0.2, 0.25) is 0 Å². The van der Waals surface area contributed by atoms with Crippen LogP contribution in [-0.2, 0) is 0 Å². The van der Waals surface area contributed by atoms with Crippen molar-refractivity contribution in [2.45, 2.75) is 12.1 Å². The molecule has 21 heavy (non-hydrogen) atoms. The molecule has 110 valence electrons. The average Bonchev–Trinajstić information content (AvgIpc) is 2.78. The minimum atomic E-state index is -0.956. The summed E-state index contributed by atoms with van der Waals surface area (Å²) in [5.74, 6) is -2.07. The molecule has 2 heterocycles. The van der Waals surface area contributed by atoms with E-state index in [1.54, 1.807) is 4.90 Å². The number of halogens is 3. The number of rotatable bonds is 3. The van der Waals surface area contributed by atoms with Crippen molar-refractivity contribution in [2.75, 3.05) is 13.2 Å². The quantitative estimate of drug-likeness (QED) is 0.924. The Labute approximate surface area is 118 Å². The molecule has 2 aliphatic rings. The Hall–Kier alpha value is -2.15. The number of aliphatic hydroxyl groups excluding tert-OH is 1. The molecule has 2 atom stereocenters. The molecule has 1 aliphatic heterocycles. The van der Waals surface area contributed by atoms with Gasteiger partial charge >= 0.3 is 0 Å². The maximum atomic E-state index is 13.4. The molecule has 1 aromatic heterocycles. The summed E-state index contributed by atoms with van der Waals surface area (Å²) < 4.78 is 40.1. The Morgan fingerprint density at radius 1 is 1.14 bits per heavy atom. The van der Waals surface area contributed by atoms with E-state index in [4.69, 9.17) is 5.11 Å². The number of fused-ring (bicyclic) bond motifs is 1. The normalized spacial score (nSPS) is 24.4. The van der Waals surface area contributed by atoms with Crippen LogP contribution in [0, 0.1) is 5.82 Å². The molecule has 0 spiro atoms. The molecule has 0 bridgehead atoms. The predicted octanol–water partition coefficient (Wildman–Crippen LogP) is 1.73. The van der Waals surface area contributed by atoms with Gasteiger partial charge in [0, 0.05) is 18.3 Å². The highest BCUT2D eigenvalue weighted by atomic mass is 19.2. The van der Waals surface area contributed by atoms with Gasteiger partial charge in [-0.15, -0.1) is 0 Å². The lowest BCUT2D eigenvalue weighted by atomic mass is 10.0. The number of hydrogen-bond acceptors (Lipinski definition) is 4. The molecule has 1 aromatic rings. The zero-order valence-electron chi connectivity index (χ0n) is 10.9. The molecule has 0 saturated carbocycles. The molecule has 1 N–H and O–H groups in total. The fraction of sp³-hybridized carbons (Fsp3) is 0.286. The van der Waals surface area contributed by atoms with Crippen LogP contribution in [0.3, 0.4) is 0 Å². The van der Waals surface area contributed by atoms with Gasteiger partial charge in [-0.2, -0.15) is 0 Å². The van der Waals surface area contributed by atoms with Crippen molar-refractivity contribution in [3.05, 3.63) is 53.6 Å². The van der Waals surface area contributed by atoms with Crippen LogP contribution in [0.4, 0.5) is 13.2 Å². The predicted molar refractivity (Wildman–Crippen MR) is 70.5 cm³/mol. The number of aliphatic hydroxyl groups is 1. The van der Waals surface area contributed by atoms with Crippen molar-refractivity contribution >= 4 is 5.84 Å². The van der Waals surface area contributed by atoms with E-state index >= 15 is 0 Å². The monoisotopic (exact) mass is 295 g/mol. The maximum Gasteiger partial charge on any atom is 0.156 e. The Balaban J connectivity index is 2.01. The van der Waals surface area contributed by atoms with E-state index in [1.165, 1.54) is 12.3 Å². The summed E-state index contributed by atoms with van der Waals surface area (Å²) >= 11 is 0. The number of nitrogens with zero attached hydrogens (tertiary/aromatic N) is 3. The molecule has 3 rings (SSSR count). The number of pyridine rings is 1. The summed E-state index contributed by atoms with van der Waals surface area (Å²) in [6, 6.07) is 0.109. The largest absolute Gasteiger partial charge is 0.395 e. The first-order valence-electron chi connectivity index (χ1n) is 6.41. The van der Waals surface area contributed by atoms with Gasteiger partial charge in [-0.05, 0) is 18.2 Å². The van der Waals surface area contributed by atoms with Crippen molar-refractivity contribution in [1.29, 1.82) is 0 Å². The molecule has 1 aliphatic carbocycles. The number of hydrogen-bond donors (Lipinski definition) is 1. The van der Waals surface area contributed by atoms with Crippen molar-refractivity contribution < 1.29 is 18.3 Å². The Morgan fingerprint density at radius 3 is 2.62 bits per heavy atom. The topological polar surface area (TPSA) is 48.7 Å². The van der Waals surface area contributed by atoms with E-state index in [-0.39, 0.29) is 13.2 Å². The van der Waals surface area contributed by atoms with E-state index in [0.29, 0.717) is 11.4 Å². The first kappa shape index (κ1) is 13.8. The van der Waals surface area contributed by atoms with Gasteiger partial charge in [-0.25, -0.2) is 13.2 Å². The molecule has 4 nitrogen and oxygen atoms in total. The van der Waals surface area contributed by atoms with Crippen molar-refractivity contribution in [2.24, 2.45) is 4.99 Å². The molecule has 0 saturated heterocycles. The third-order valence-corrected chi connectivity index (χ3v) is 3.42. The van der Waals surface area contributed by atoms with Crippen LogP contribution in [0.5, 0.6) is 0 Å². The third kappa shape index (κ3) is 2.44. The van der Waals surface area contributed by atoms with Crippen LogP contribution < -0.4 is 0 Å². The molecule has 2 unspecified atom stereocenters. The highest BCUT2D eigenvalue weighted by molar-refractivity contribution is 6.00. The SMILES string of the molecule is OCCN1C(c2cncc(F)c2)=NC2C=C(F)C(F)=CC21. The minimum Gasteiger partial charge on any atom is -0.395 e. The van der Waals surface area contributed by atoms with Crippen molar-refractivity contribution in [3.63, 3.8) is 0 Å². The first-order chi connectivity index (χ1) is 10.1. The second-order valence-electron chi connectivity index (χ2n) is 4.77. The van der Waals surface area contributed by atoms with Gasteiger partial charge in [0.25, 0.3) is 0 Å². The van der Waals surface area contributed by atoms with Crippen LogP contribution in [0.1, 0.15) is 5.56 Å². The van der Waals surface area contributed by atoms with Gasteiger partial charge in [0.2, 0.25) is 0 Å². The van der Waals surface area contributed by atoms with E-state index in [0.717, 1.165) is 18.3 Å². The summed E-state index contributed by atoms with van der Waals surface area (Å²) in [6.45, 7) is -0.0115. The van der Waals surface area contributed by atoms with Crippen LogP contribution in [-0.4, -0.2) is 46.1 Å². The highest BCUT2D eigenvalue weighted by Gasteiger charge is 2.37. The molecule has 7 heteroatoms. The van der Waals surface area contributed by atoms with Gasteiger partial charge < -0.3 is 10.0 Å². The van der Waals surface area contributed by atoms with Crippen LogP contribution in [0.15, 0.2) is 47.3 Å². The molecule has 0 amide bonds. The summed E-state index contributed by atoms with van der Waals surface area (Å²) in [5, 5.41) is 9.16. The van der Waals surface area contributed by atoms with E-state index in [1.807, 2.05) is 0 Å². The van der Waals surface area contributed by atoms with Gasteiger partial charge in [0.15, 0.2) is 11.7 Å². The fourth-order valence-electron chi connectivity index (χ4n) is 2.54. The third-order valence-electron chi connectivity index (χ3n) is 3.42. The second kappa shape index (κ2) is 5.33. The number of allylic oxidation sites excluding steroid dienone is 2. The molecule has 0 aromatic carbocycles. The van der Waals surface area contributed by atoms with Gasteiger partial charge in [0.1, 0.15) is 11.7 Å². The Bertz CT molecular complexity index is 657. The summed E-state index contributed by atoms with van der Waals surface area (Å²) in [4.78, 5) is 9.66. The van der Waals surface area contributed by atoms with E-state index in [2.05, 4.69) is 9.98 Å². The summed E-state index contributed by atoms with van der Waals surface area (Å²) in [7, 11) is 0. The number of aliphatic imine (C=N–C) groups is 1. The smallest absolute Gasteiger partial charge is 0.156 e. The lowest BCUT2D eigenvalue weighted by Gasteiger charge is -2.28. The van der Waals surface area contributed by atoms with Crippen molar-refractivity contribution in [1.82, 2.24) is 9.88 Å². The first-order valence-corrected chi connectivity index (χ1v) is 6.41. The Kier molecular flexibility index (Phi) is 3.50. The molecular weight excluding hydrogens is 283 g/mol. The van der Waals surface area contributed by atoms with Crippen LogP contribution in [0.25, 0.3) is 0 Å². The lowest BCUT2D eigenvalue weighted by Crippen LogP contribution is -2.41. The van der Waals surface area contributed by atoms with E-state index < -0.39 is 29.6 Å². The van der Waals surface area contributed by atoms with Gasteiger partial charge in [0.05, 0.1) is 24.9 Å². The highest BCUT2D eigenvalue weighted by Crippen LogP contribution is 2.31. The molecule has 0 radical (unpaired) electrons. The van der Waals surface area contributed by atoms with E-state index in [9.17, 15) is 13.2 Å².